The fourth-order valence-corrected chi connectivity index (χ4v) is 3.43. The summed E-state index contributed by atoms with van der Waals surface area (Å²) in [6.07, 6.45) is 2.40. The van der Waals surface area contributed by atoms with Crippen molar-refractivity contribution in [3.8, 4) is 0 Å². The van der Waals surface area contributed by atoms with Gasteiger partial charge < -0.3 is 15.4 Å². The van der Waals surface area contributed by atoms with E-state index in [1.54, 1.807) is 7.05 Å². The highest BCUT2D eigenvalue weighted by atomic mass is 127. The Bertz CT molecular complexity index is 709. The minimum absolute atomic E-state index is 0. The first kappa shape index (κ1) is 22.0. The summed E-state index contributed by atoms with van der Waals surface area (Å²) in [6.45, 7) is 2.37. The highest BCUT2D eigenvalue weighted by Gasteiger charge is 2.27. The largest absolute Gasteiger partial charge is 0.373 e. The van der Waals surface area contributed by atoms with Crippen LogP contribution in [-0.2, 0) is 11.3 Å². The van der Waals surface area contributed by atoms with Crippen LogP contribution in [0.2, 0.25) is 5.02 Å². The fraction of sp³-hybridized carbons (Fsp3) is 0.381. The molecule has 0 aliphatic carbocycles. The number of rotatable bonds is 5. The van der Waals surface area contributed by atoms with Crippen LogP contribution in [0.5, 0.6) is 0 Å². The van der Waals surface area contributed by atoms with Gasteiger partial charge in [0.2, 0.25) is 0 Å². The van der Waals surface area contributed by atoms with Crippen LogP contribution in [0.1, 0.15) is 30.1 Å². The van der Waals surface area contributed by atoms with Crippen LogP contribution in [0.15, 0.2) is 59.6 Å². The Hall–Kier alpha value is -1.31. The molecule has 3 rings (SSSR count). The third-order valence-electron chi connectivity index (χ3n) is 4.70. The molecule has 0 aromatic heterocycles. The van der Waals surface area contributed by atoms with Crippen LogP contribution in [0.25, 0.3) is 0 Å². The van der Waals surface area contributed by atoms with Gasteiger partial charge in [0.05, 0.1) is 6.10 Å². The molecular formula is C21H27ClIN3O. The Morgan fingerprint density at radius 1 is 1.11 bits per heavy atom. The van der Waals surface area contributed by atoms with E-state index in [1.807, 2.05) is 30.3 Å². The van der Waals surface area contributed by atoms with Crippen molar-refractivity contribution in [2.75, 3.05) is 20.2 Å². The van der Waals surface area contributed by atoms with Crippen molar-refractivity contribution in [1.29, 1.82) is 0 Å². The number of ether oxygens (including phenoxy) is 1. The van der Waals surface area contributed by atoms with Crippen LogP contribution in [0, 0.1) is 5.92 Å². The molecule has 1 fully saturated rings. The lowest BCUT2D eigenvalue weighted by molar-refractivity contribution is -0.0265. The molecule has 1 aliphatic heterocycles. The van der Waals surface area contributed by atoms with Crippen molar-refractivity contribution in [2.24, 2.45) is 10.9 Å². The topological polar surface area (TPSA) is 45.7 Å². The smallest absolute Gasteiger partial charge is 0.191 e. The van der Waals surface area contributed by atoms with E-state index in [0.717, 1.165) is 37.0 Å². The van der Waals surface area contributed by atoms with Crippen LogP contribution in [-0.4, -0.2) is 26.2 Å². The van der Waals surface area contributed by atoms with Gasteiger partial charge >= 0.3 is 0 Å². The van der Waals surface area contributed by atoms with E-state index in [-0.39, 0.29) is 30.1 Å². The summed E-state index contributed by atoms with van der Waals surface area (Å²) in [5.41, 5.74) is 2.42. The van der Waals surface area contributed by atoms with Gasteiger partial charge in [-0.3, -0.25) is 4.99 Å². The molecule has 1 aliphatic rings. The number of halogens is 2. The molecule has 2 N–H and O–H groups in total. The van der Waals surface area contributed by atoms with Gasteiger partial charge in [-0.05, 0) is 36.1 Å². The van der Waals surface area contributed by atoms with E-state index in [9.17, 15) is 0 Å². The molecule has 0 radical (unpaired) electrons. The average Bonchev–Trinajstić information content (AvgIpc) is 2.70. The summed E-state index contributed by atoms with van der Waals surface area (Å²) in [5.74, 6) is 1.23. The Morgan fingerprint density at radius 3 is 2.56 bits per heavy atom. The lowest BCUT2D eigenvalue weighted by atomic mass is 9.89. The summed E-state index contributed by atoms with van der Waals surface area (Å²) in [6, 6.07) is 18.3. The summed E-state index contributed by atoms with van der Waals surface area (Å²) < 4.78 is 6.07. The van der Waals surface area contributed by atoms with E-state index in [4.69, 9.17) is 16.3 Å². The minimum atomic E-state index is 0. The Morgan fingerprint density at radius 2 is 1.85 bits per heavy atom. The van der Waals surface area contributed by atoms with Crippen LogP contribution in [0.4, 0.5) is 0 Å². The number of hydrogen-bond donors (Lipinski definition) is 2. The molecule has 0 bridgehead atoms. The zero-order chi connectivity index (χ0) is 18.2. The summed E-state index contributed by atoms with van der Waals surface area (Å²) >= 11 is 5.93. The molecule has 0 amide bonds. The molecule has 146 valence electrons. The molecule has 0 saturated carbocycles. The number of guanidine groups is 1. The van der Waals surface area contributed by atoms with E-state index in [0.29, 0.717) is 12.5 Å². The maximum absolute atomic E-state index is 6.07. The zero-order valence-electron chi connectivity index (χ0n) is 15.5. The second kappa shape index (κ2) is 11.5. The lowest BCUT2D eigenvalue weighted by Gasteiger charge is -2.32. The van der Waals surface area contributed by atoms with Crippen molar-refractivity contribution in [3.63, 3.8) is 0 Å². The number of hydrogen-bond acceptors (Lipinski definition) is 2. The van der Waals surface area contributed by atoms with Gasteiger partial charge in [-0.1, -0.05) is 54.1 Å². The van der Waals surface area contributed by atoms with Gasteiger partial charge in [-0.25, -0.2) is 0 Å². The number of aliphatic imine (C=N–C) groups is 1. The quantitative estimate of drug-likeness (QED) is 0.353. The summed E-state index contributed by atoms with van der Waals surface area (Å²) in [7, 11) is 1.79. The van der Waals surface area contributed by atoms with E-state index in [1.165, 1.54) is 11.1 Å². The molecule has 2 aromatic carbocycles. The van der Waals surface area contributed by atoms with Crippen molar-refractivity contribution in [3.05, 3.63) is 70.7 Å². The number of nitrogens with one attached hydrogen (secondary N) is 2. The molecule has 6 heteroatoms. The summed E-state index contributed by atoms with van der Waals surface area (Å²) in [4.78, 5) is 4.33. The SMILES string of the molecule is CN=C(NCc1ccc(Cl)cc1)NCC1CCCOC1c1ccccc1.I. The van der Waals surface area contributed by atoms with Crippen LogP contribution in [0.3, 0.4) is 0 Å². The standard InChI is InChI=1S/C21H26ClN3O.HI/c1-23-21(24-14-16-9-11-19(22)12-10-16)25-15-18-8-5-13-26-20(18)17-6-3-2-4-7-17;/h2-4,6-7,9-12,18,20H,5,8,13-15H2,1H3,(H2,23,24,25);1H. The van der Waals surface area contributed by atoms with E-state index < -0.39 is 0 Å². The first-order valence-corrected chi connectivity index (χ1v) is 9.49. The maximum atomic E-state index is 6.07. The number of nitrogens with zero attached hydrogens (tertiary/aromatic N) is 1. The van der Waals surface area contributed by atoms with Crippen LogP contribution < -0.4 is 10.6 Å². The van der Waals surface area contributed by atoms with Crippen molar-refractivity contribution in [1.82, 2.24) is 10.6 Å². The lowest BCUT2D eigenvalue weighted by Crippen LogP contribution is -2.41. The normalized spacial score (nSPS) is 19.9. The molecule has 2 unspecified atom stereocenters. The predicted molar refractivity (Wildman–Crippen MR) is 123 cm³/mol. The molecule has 2 atom stereocenters. The van der Waals surface area contributed by atoms with Crippen molar-refractivity contribution in [2.45, 2.75) is 25.5 Å². The van der Waals surface area contributed by atoms with Crippen molar-refractivity contribution >= 4 is 41.5 Å². The average molecular weight is 500 g/mol. The van der Waals surface area contributed by atoms with Crippen molar-refractivity contribution < 1.29 is 4.74 Å². The van der Waals surface area contributed by atoms with Gasteiger partial charge in [0.15, 0.2) is 5.96 Å². The Kier molecular flexibility index (Phi) is 9.38. The first-order chi connectivity index (χ1) is 12.8. The molecule has 1 heterocycles. The highest BCUT2D eigenvalue weighted by Crippen LogP contribution is 2.33. The molecule has 1 saturated heterocycles. The zero-order valence-corrected chi connectivity index (χ0v) is 18.6. The van der Waals surface area contributed by atoms with E-state index >= 15 is 0 Å². The third-order valence-corrected chi connectivity index (χ3v) is 4.95. The van der Waals surface area contributed by atoms with E-state index in [2.05, 4.69) is 39.9 Å². The molecule has 27 heavy (non-hydrogen) atoms. The highest BCUT2D eigenvalue weighted by molar-refractivity contribution is 14.0. The van der Waals surface area contributed by atoms with Gasteiger partial charge in [0.25, 0.3) is 0 Å². The summed E-state index contributed by atoms with van der Waals surface area (Å²) in [5, 5.41) is 7.56. The first-order valence-electron chi connectivity index (χ1n) is 9.12. The van der Waals surface area contributed by atoms with Gasteiger partial charge in [0, 0.05) is 37.7 Å². The molecular weight excluding hydrogens is 473 g/mol. The molecule has 4 nitrogen and oxygen atoms in total. The maximum Gasteiger partial charge on any atom is 0.191 e. The van der Waals surface area contributed by atoms with Gasteiger partial charge in [0.1, 0.15) is 0 Å². The van der Waals surface area contributed by atoms with Gasteiger partial charge in [-0.2, -0.15) is 0 Å². The molecule has 0 spiro atoms. The monoisotopic (exact) mass is 499 g/mol. The van der Waals surface area contributed by atoms with Gasteiger partial charge in [-0.15, -0.1) is 24.0 Å². The second-order valence-electron chi connectivity index (χ2n) is 6.54. The molecule has 2 aromatic rings. The predicted octanol–water partition coefficient (Wildman–Crippen LogP) is 4.79. The second-order valence-corrected chi connectivity index (χ2v) is 6.97. The Labute approximate surface area is 183 Å². The fourth-order valence-electron chi connectivity index (χ4n) is 3.30. The Balaban J connectivity index is 0.00000261. The third kappa shape index (κ3) is 6.66. The number of benzene rings is 2. The van der Waals surface area contributed by atoms with Crippen LogP contribution >= 0.6 is 35.6 Å². The minimum Gasteiger partial charge on any atom is -0.373 e.